The van der Waals surface area contributed by atoms with E-state index in [0.29, 0.717) is 24.3 Å². The molecule has 1 fully saturated rings. The molecule has 3 heterocycles. The van der Waals surface area contributed by atoms with Gasteiger partial charge in [0.25, 0.3) is 0 Å². The van der Waals surface area contributed by atoms with Crippen LogP contribution in [0.5, 0.6) is 0 Å². The van der Waals surface area contributed by atoms with Gasteiger partial charge < -0.3 is 4.90 Å². The fraction of sp³-hybridized carbons (Fsp3) is 0.333. The van der Waals surface area contributed by atoms with Crippen molar-refractivity contribution in [3.8, 4) is 0 Å². The molecule has 1 aliphatic heterocycles. The number of benzene rings is 2. The van der Waals surface area contributed by atoms with E-state index in [1.807, 2.05) is 47.4 Å². The molecule has 180 valence electrons. The molecular formula is C27H28ClN5O2. The number of aryl methyl sites for hydroxylation is 3. The van der Waals surface area contributed by atoms with Crippen molar-refractivity contribution < 1.29 is 4.79 Å². The van der Waals surface area contributed by atoms with E-state index in [0.717, 1.165) is 52.9 Å². The van der Waals surface area contributed by atoms with E-state index >= 15 is 0 Å². The van der Waals surface area contributed by atoms with Crippen LogP contribution in [0.2, 0.25) is 5.02 Å². The van der Waals surface area contributed by atoms with Gasteiger partial charge in [0.15, 0.2) is 0 Å². The number of hydrogen-bond donors (Lipinski definition) is 0. The van der Waals surface area contributed by atoms with Crippen molar-refractivity contribution in [3.63, 3.8) is 0 Å². The molecule has 2 aromatic heterocycles. The smallest absolute Gasteiger partial charge is 0.328 e. The molecule has 1 amide bonds. The summed E-state index contributed by atoms with van der Waals surface area (Å²) in [5.74, 6) is 0.122. The maximum Gasteiger partial charge on any atom is 0.328 e. The molecule has 0 saturated carbocycles. The first-order valence-corrected chi connectivity index (χ1v) is 12.3. The van der Waals surface area contributed by atoms with Crippen LogP contribution in [0, 0.1) is 0 Å². The van der Waals surface area contributed by atoms with Gasteiger partial charge in [0.1, 0.15) is 0 Å². The standard InChI is InChI=1S/C27H28ClN5O2/c1-31-24-10-8-18(15-25(24)32(2)27(31)35)9-11-26(34)33-12-4-7-23(33)22-17-29-16-21(30-22)14-19-5-3-6-20(28)13-19/h3,5-6,8,10,13,15-17,23H,4,7,9,11-12,14H2,1-2H3/t23-/m1/s1. The maximum absolute atomic E-state index is 13.2. The van der Waals surface area contributed by atoms with E-state index in [2.05, 4.69) is 4.98 Å². The van der Waals surface area contributed by atoms with Crippen LogP contribution in [0.4, 0.5) is 0 Å². The Bertz CT molecular complexity index is 1460. The zero-order valence-electron chi connectivity index (χ0n) is 19.9. The van der Waals surface area contributed by atoms with Crippen LogP contribution in [0.15, 0.2) is 59.7 Å². The van der Waals surface area contributed by atoms with Crippen molar-refractivity contribution >= 4 is 28.5 Å². The Balaban J connectivity index is 1.28. The molecule has 2 aromatic carbocycles. The topological polar surface area (TPSA) is 73.0 Å². The second kappa shape index (κ2) is 9.66. The van der Waals surface area contributed by atoms with E-state index in [1.165, 1.54) is 0 Å². The second-order valence-electron chi connectivity index (χ2n) is 9.21. The molecule has 4 aromatic rings. The summed E-state index contributed by atoms with van der Waals surface area (Å²) in [7, 11) is 3.55. The highest BCUT2D eigenvalue weighted by atomic mass is 35.5. The largest absolute Gasteiger partial charge is 0.334 e. The Morgan fingerprint density at radius 1 is 1.06 bits per heavy atom. The Kier molecular flexibility index (Phi) is 6.43. The number of imidazole rings is 1. The number of hydrogen-bond acceptors (Lipinski definition) is 4. The summed E-state index contributed by atoms with van der Waals surface area (Å²) in [6.07, 6.45) is 7.08. The van der Waals surface area contributed by atoms with Gasteiger partial charge in [-0.3, -0.25) is 23.9 Å². The molecule has 0 bridgehead atoms. The lowest BCUT2D eigenvalue weighted by atomic mass is 10.1. The highest BCUT2D eigenvalue weighted by molar-refractivity contribution is 6.30. The summed E-state index contributed by atoms with van der Waals surface area (Å²) in [5.41, 5.74) is 5.56. The molecule has 7 nitrogen and oxygen atoms in total. The third-order valence-corrected chi connectivity index (χ3v) is 7.09. The molecule has 0 unspecified atom stereocenters. The first-order valence-electron chi connectivity index (χ1n) is 11.9. The second-order valence-corrected chi connectivity index (χ2v) is 9.65. The van der Waals surface area contributed by atoms with E-state index in [9.17, 15) is 9.59 Å². The zero-order valence-corrected chi connectivity index (χ0v) is 20.7. The van der Waals surface area contributed by atoms with Crippen molar-refractivity contribution in [2.24, 2.45) is 14.1 Å². The van der Waals surface area contributed by atoms with Crippen LogP contribution in [0.3, 0.4) is 0 Å². The number of amides is 1. The van der Waals surface area contributed by atoms with E-state index < -0.39 is 0 Å². The van der Waals surface area contributed by atoms with E-state index in [-0.39, 0.29) is 17.6 Å². The zero-order chi connectivity index (χ0) is 24.5. The molecule has 0 aliphatic carbocycles. The summed E-state index contributed by atoms with van der Waals surface area (Å²) < 4.78 is 3.28. The number of halogens is 1. The summed E-state index contributed by atoms with van der Waals surface area (Å²) in [4.78, 5) is 36.6. The summed E-state index contributed by atoms with van der Waals surface area (Å²) >= 11 is 6.12. The fourth-order valence-corrected chi connectivity index (χ4v) is 5.21. The van der Waals surface area contributed by atoms with Gasteiger partial charge in [0.2, 0.25) is 5.91 Å². The molecule has 8 heteroatoms. The van der Waals surface area contributed by atoms with Crippen molar-refractivity contribution in [2.45, 2.75) is 38.1 Å². The van der Waals surface area contributed by atoms with Gasteiger partial charge in [-0.1, -0.05) is 29.8 Å². The van der Waals surface area contributed by atoms with E-state index in [4.69, 9.17) is 16.6 Å². The van der Waals surface area contributed by atoms with E-state index in [1.54, 1.807) is 35.6 Å². The van der Waals surface area contributed by atoms with Crippen LogP contribution in [-0.4, -0.2) is 36.5 Å². The predicted molar refractivity (Wildman–Crippen MR) is 136 cm³/mol. The normalized spacial score (nSPS) is 15.7. The Morgan fingerprint density at radius 3 is 2.71 bits per heavy atom. The number of likely N-dealkylation sites (tertiary alicyclic amines) is 1. The van der Waals surface area contributed by atoms with Crippen LogP contribution >= 0.6 is 11.6 Å². The SMILES string of the molecule is Cn1c(=O)n(C)c2cc(CCC(=O)N3CCC[C@@H]3c3cncc(Cc4cccc(Cl)c4)n3)ccc21. The molecule has 5 rings (SSSR count). The average molecular weight is 490 g/mol. The van der Waals surface area contributed by atoms with Gasteiger partial charge in [-0.25, -0.2) is 4.79 Å². The molecule has 35 heavy (non-hydrogen) atoms. The van der Waals surface area contributed by atoms with Crippen molar-refractivity contribution in [3.05, 3.63) is 92.9 Å². The first kappa shape index (κ1) is 23.3. The number of aromatic nitrogens is 4. The average Bonchev–Trinajstić information content (AvgIpc) is 3.43. The van der Waals surface area contributed by atoms with Gasteiger partial charge in [0.05, 0.1) is 34.7 Å². The summed E-state index contributed by atoms with van der Waals surface area (Å²) in [6, 6.07) is 13.7. The van der Waals surface area contributed by atoms with Crippen LogP contribution in [-0.2, 0) is 31.7 Å². The van der Waals surface area contributed by atoms with Gasteiger partial charge in [-0.05, 0) is 54.7 Å². The number of carbonyl (C=O) groups is 1. The lowest BCUT2D eigenvalue weighted by Crippen LogP contribution is -2.31. The molecule has 0 N–H and O–H groups in total. The van der Waals surface area contributed by atoms with Gasteiger partial charge in [-0.15, -0.1) is 0 Å². The van der Waals surface area contributed by atoms with Gasteiger partial charge >= 0.3 is 5.69 Å². The van der Waals surface area contributed by atoms with Crippen molar-refractivity contribution in [1.82, 2.24) is 24.0 Å². The summed E-state index contributed by atoms with van der Waals surface area (Å²) in [5, 5.41) is 0.702. The maximum atomic E-state index is 13.2. The highest BCUT2D eigenvalue weighted by Gasteiger charge is 2.31. The van der Waals surface area contributed by atoms with Gasteiger partial charge in [0, 0.05) is 44.7 Å². The van der Waals surface area contributed by atoms with Crippen molar-refractivity contribution in [2.75, 3.05) is 6.54 Å². The molecule has 1 aliphatic rings. The predicted octanol–water partition coefficient (Wildman–Crippen LogP) is 4.21. The van der Waals surface area contributed by atoms with Gasteiger partial charge in [-0.2, -0.15) is 0 Å². The first-order chi connectivity index (χ1) is 16.9. The third kappa shape index (κ3) is 4.73. The third-order valence-electron chi connectivity index (χ3n) is 6.86. The molecule has 0 radical (unpaired) electrons. The number of carbonyl (C=O) groups excluding carboxylic acids is 1. The molecule has 1 saturated heterocycles. The lowest BCUT2D eigenvalue weighted by Gasteiger charge is -2.24. The van der Waals surface area contributed by atoms with Crippen LogP contribution in [0.1, 0.15) is 47.8 Å². The minimum atomic E-state index is -0.0493. The highest BCUT2D eigenvalue weighted by Crippen LogP contribution is 2.31. The quantitative estimate of drug-likeness (QED) is 0.406. The molecule has 0 spiro atoms. The Labute approximate surface area is 209 Å². The Hall–Kier alpha value is -3.45. The summed E-state index contributed by atoms with van der Waals surface area (Å²) in [6.45, 7) is 0.732. The lowest BCUT2D eigenvalue weighted by molar-refractivity contribution is -0.132. The van der Waals surface area contributed by atoms with Crippen molar-refractivity contribution in [1.29, 1.82) is 0 Å². The Morgan fingerprint density at radius 2 is 1.89 bits per heavy atom. The fourth-order valence-electron chi connectivity index (χ4n) is 5.00. The molecular weight excluding hydrogens is 462 g/mol. The minimum Gasteiger partial charge on any atom is -0.334 e. The number of fused-ring (bicyclic) bond motifs is 1. The van der Waals surface area contributed by atoms with Crippen LogP contribution < -0.4 is 5.69 Å². The number of rotatable bonds is 6. The molecule has 1 atom stereocenters. The number of nitrogens with zero attached hydrogens (tertiary/aromatic N) is 5. The van der Waals surface area contributed by atoms with Crippen LogP contribution in [0.25, 0.3) is 11.0 Å². The minimum absolute atomic E-state index is 0.0492. The monoisotopic (exact) mass is 489 g/mol.